The Hall–Kier alpha value is -1.82. The van der Waals surface area contributed by atoms with Crippen molar-refractivity contribution in [1.82, 2.24) is 0 Å². The maximum atomic E-state index is 2.24. The van der Waals surface area contributed by atoms with Gasteiger partial charge in [0.1, 0.15) is 0 Å². The lowest BCUT2D eigenvalue weighted by atomic mass is 9.82. The first kappa shape index (κ1) is 10.3. The van der Waals surface area contributed by atoms with E-state index in [4.69, 9.17) is 0 Å². The number of hydrogen-bond acceptors (Lipinski definition) is 0. The minimum atomic E-state index is 1.06. The van der Waals surface area contributed by atoms with Crippen LogP contribution < -0.4 is 0 Å². The fourth-order valence-corrected chi connectivity index (χ4v) is 2.79. The highest BCUT2D eigenvalue weighted by molar-refractivity contribution is 6.06. The smallest absolute Gasteiger partial charge is 0.00200 e. The van der Waals surface area contributed by atoms with Gasteiger partial charge in [0, 0.05) is 0 Å². The van der Waals surface area contributed by atoms with Gasteiger partial charge in [-0.2, -0.15) is 0 Å². The van der Waals surface area contributed by atoms with Crippen LogP contribution in [0.4, 0.5) is 0 Å². The SMILES string of the molecule is CC=C1CC(=CC)c2cccc3cccc1c23. The van der Waals surface area contributed by atoms with Crippen molar-refractivity contribution in [3.63, 3.8) is 0 Å². The fourth-order valence-electron chi connectivity index (χ4n) is 2.79. The topological polar surface area (TPSA) is 0 Å². The molecule has 0 N–H and O–H groups in total. The Morgan fingerprint density at radius 2 is 1.35 bits per heavy atom. The van der Waals surface area contributed by atoms with Crippen LogP contribution in [0.15, 0.2) is 48.6 Å². The molecule has 0 aliphatic heterocycles. The van der Waals surface area contributed by atoms with E-state index < -0.39 is 0 Å². The number of rotatable bonds is 0. The molecule has 0 saturated heterocycles. The Morgan fingerprint density at radius 3 is 1.82 bits per heavy atom. The summed E-state index contributed by atoms with van der Waals surface area (Å²) >= 11 is 0. The van der Waals surface area contributed by atoms with Gasteiger partial charge in [0.2, 0.25) is 0 Å². The summed E-state index contributed by atoms with van der Waals surface area (Å²) in [5.41, 5.74) is 5.71. The summed E-state index contributed by atoms with van der Waals surface area (Å²) in [5, 5.41) is 2.76. The van der Waals surface area contributed by atoms with Crippen molar-refractivity contribution in [2.24, 2.45) is 0 Å². The van der Waals surface area contributed by atoms with Crippen LogP contribution in [0, 0.1) is 0 Å². The summed E-state index contributed by atoms with van der Waals surface area (Å²) in [5.74, 6) is 0. The molecular formula is C17H16. The molecule has 84 valence electrons. The molecule has 0 unspecified atom stereocenters. The Bertz CT molecular complexity index is 589. The molecule has 0 saturated carbocycles. The average molecular weight is 220 g/mol. The third kappa shape index (κ3) is 1.44. The van der Waals surface area contributed by atoms with Gasteiger partial charge in [-0.15, -0.1) is 0 Å². The van der Waals surface area contributed by atoms with E-state index in [-0.39, 0.29) is 0 Å². The van der Waals surface area contributed by atoms with Gasteiger partial charge in [-0.25, -0.2) is 0 Å². The van der Waals surface area contributed by atoms with Crippen LogP contribution in [0.1, 0.15) is 31.4 Å². The predicted octanol–water partition coefficient (Wildman–Crippen LogP) is 5.05. The molecule has 0 nitrogen and oxygen atoms in total. The van der Waals surface area contributed by atoms with E-state index in [0.29, 0.717) is 0 Å². The van der Waals surface area contributed by atoms with E-state index in [1.54, 1.807) is 0 Å². The van der Waals surface area contributed by atoms with Gasteiger partial charge in [0.25, 0.3) is 0 Å². The Labute approximate surface area is 102 Å². The summed E-state index contributed by atoms with van der Waals surface area (Å²) in [4.78, 5) is 0. The van der Waals surface area contributed by atoms with Crippen LogP contribution >= 0.6 is 0 Å². The lowest BCUT2D eigenvalue weighted by Crippen LogP contribution is -1.99. The van der Waals surface area contributed by atoms with Crippen LogP contribution in [0.25, 0.3) is 21.9 Å². The number of benzene rings is 2. The Morgan fingerprint density at radius 1 is 0.824 bits per heavy atom. The highest BCUT2D eigenvalue weighted by atomic mass is 14.2. The van der Waals surface area contributed by atoms with Crippen molar-refractivity contribution in [2.45, 2.75) is 20.3 Å². The highest BCUT2D eigenvalue weighted by Gasteiger charge is 2.18. The van der Waals surface area contributed by atoms with Crippen molar-refractivity contribution < 1.29 is 0 Å². The van der Waals surface area contributed by atoms with Crippen LogP contribution in [0.3, 0.4) is 0 Å². The molecular weight excluding hydrogens is 204 g/mol. The van der Waals surface area contributed by atoms with E-state index in [0.717, 1.165) is 6.42 Å². The van der Waals surface area contributed by atoms with Crippen molar-refractivity contribution in [1.29, 1.82) is 0 Å². The minimum absolute atomic E-state index is 1.06. The molecule has 0 spiro atoms. The number of allylic oxidation sites excluding steroid dienone is 4. The molecule has 2 aromatic carbocycles. The molecule has 0 fully saturated rings. The van der Waals surface area contributed by atoms with Crippen molar-refractivity contribution in [3.8, 4) is 0 Å². The first-order valence-corrected chi connectivity index (χ1v) is 6.18. The van der Waals surface area contributed by atoms with Gasteiger partial charge in [-0.1, -0.05) is 48.6 Å². The zero-order chi connectivity index (χ0) is 11.8. The van der Waals surface area contributed by atoms with E-state index >= 15 is 0 Å². The zero-order valence-corrected chi connectivity index (χ0v) is 10.3. The maximum absolute atomic E-state index is 2.24. The summed E-state index contributed by atoms with van der Waals surface area (Å²) in [6.07, 6.45) is 5.55. The second kappa shape index (κ2) is 3.89. The van der Waals surface area contributed by atoms with Gasteiger partial charge < -0.3 is 0 Å². The molecule has 0 amide bonds. The van der Waals surface area contributed by atoms with Crippen molar-refractivity contribution in [2.75, 3.05) is 0 Å². The predicted molar refractivity (Wildman–Crippen MR) is 75.9 cm³/mol. The van der Waals surface area contributed by atoms with Crippen LogP contribution in [-0.4, -0.2) is 0 Å². The second-order valence-corrected chi connectivity index (χ2v) is 4.51. The van der Waals surface area contributed by atoms with Gasteiger partial charge in [0.15, 0.2) is 0 Å². The zero-order valence-electron chi connectivity index (χ0n) is 10.3. The molecule has 0 heterocycles. The van der Waals surface area contributed by atoms with E-state index in [1.807, 2.05) is 0 Å². The maximum Gasteiger partial charge on any atom is -0.00200 e. The lowest BCUT2D eigenvalue weighted by Gasteiger charge is -2.22. The highest BCUT2D eigenvalue weighted by Crippen LogP contribution is 2.41. The molecule has 17 heavy (non-hydrogen) atoms. The third-order valence-electron chi connectivity index (χ3n) is 3.67. The fraction of sp³-hybridized carbons (Fsp3) is 0.176. The molecule has 1 aliphatic carbocycles. The Kier molecular flexibility index (Phi) is 2.36. The average Bonchev–Trinajstić information content (AvgIpc) is 2.40. The molecule has 0 heteroatoms. The molecule has 3 rings (SSSR count). The first-order valence-electron chi connectivity index (χ1n) is 6.18. The van der Waals surface area contributed by atoms with Gasteiger partial charge in [-0.05, 0) is 53.3 Å². The quantitative estimate of drug-likeness (QED) is 0.582. The normalized spacial score (nSPS) is 19.2. The third-order valence-corrected chi connectivity index (χ3v) is 3.67. The van der Waals surface area contributed by atoms with Crippen LogP contribution in [-0.2, 0) is 0 Å². The summed E-state index contributed by atoms with van der Waals surface area (Å²) in [6, 6.07) is 13.2. The van der Waals surface area contributed by atoms with Crippen LogP contribution in [0.2, 0.25) is 0 Å². The Balaban J connectivity index is 2.50. The monoisotopic (exact) mass is 220 g/mol. The van der Waals surface area contributed by atoms with E-state index in [1.165, 1.54) is 33.0 Å². The molecule has 0 aromatic heterocycles. The lowest BCUT2D eigenvalue weighted by molar-refractivity contribution is 1.35. The van der Waals surface area contributed by atoms with Gasteiger partial charge >= 0.3 is 0 Å². The second-order valence-electron chi connectivity index (χ2n) is 4.51. The molecule has 0 radical (unpaired) electrons. The molecule has 0 bridgehead atoms. The molecule has 0 atom stereocenters. The largest absolute Gasteiger partial charge is 0.0835 e. The summed E-state index contributed by atoms with van der Waals surface area (Å²) in [6.45, 7) is 4.27. The van der Waals surface area contributed by atoms with Crippen molar-refractivity contribution in [3.05, 3.63) is 59.7 Å². The standard InChI is InChI=1S/C17H16/c1-3-12-11-13(4-2)16-10-6-8-14-7-5-9-15(12)17(14)16/h3-10H,11H2,1-2H3. The molecule has 1 aliphatic rings. The summed E-state index contributed by atoms with van der Waals surface area (Å²) in [7, 11) is 0. The molecule has 2 aromatic rings. The van der Waals surface area contributed by atoms with E-state index in [9.17, 15) is 0 Å². The van der Waals surface area contributed by atoms with Gasteiger partial charge in [-0.3, -0.25) is 0 Å². The summed E-state index contributed by atoms with van der Waals surface area (Å²) < 4.78 is 0. The van der Waals surface area contributed by atoms with Gasteiger partial charge in [0.05, 0.1) is 0 Å². The number of hydrogen-bond donors (Lipinski definition) is 0. The van der Waals surface area contributed by atoms with Crippen molar-refractivity contribution >= 4 is 21.9 Å². The first-order chi connectivity index (χ1) is 8.35. The van der Waals surface area contributed by atoms with Crippen LogP contribution in [0.5, 0.6) is 0 Å². The minimum Gasteiger partial charge on any atom is -0.0835 e. The van der Waals surface area contributed by atoms with E-state index in [2.05, 4.69) is 62.4 Å².